The normalized spacial score (nSPS) is 20.3. The smallest absolute Gasteiger partial charge is 0.191 e. The molecule has 5 heteroatoms. The number of nitrogens with zero attached hydrogens (tertiary/aromatic N) is 2. The topological polar surface area (TPSA) is 48.9 Å². The first kappa shape index (κ1) is 17.2. The first-order valence-corrected chi connectivity index (χ1v) is 9.18. The number of morpholine rings is 1. The summed E-state index contributed by atoms with van der Waals surface area (Å²) in [5, 5.41) is 6.95. The third-order valence-corrected chi connectivity index (χ3v) is 4.91. The van der Waals surface area contributed by atoms with E-state index >= 15 is 0 Å². The SMILES string of the molecule is CN=C(NCc1ccc(CN2CCOCC2)cc1)NC1CCCC1. The van der Waals surface area contributed by atoms with Crippen molar-refractivity contribution >= 4 is 5.96 Å². The Labute approximate surface area is 145 Å². The fourth-order valence-corrected chi connectivity index (χ4v) is 3.42. The Kier molecular flexibility index (Phi) is 6.49. The van der Waals surface area contributed by atoms with Crippen LogP contribution in [0.5, 0.6) is 0 Å². The van der Waals surface area contributed by atoms with Crippen LogP contribution in [0.2, 0.25) is 0 Å². The van der Waals surface area contributed by atoms with Crippen LogP contribution in [0.3, 0.4) is 0 Å². The first-order chi connectivity index (χ1) is 11.8. The van der Waals surface area contributed by atoms with Crippen LogP contribution < -0.4 is 10.6 Å². The van der Waals surface area contributed by atoms with Crippen molar-refractivity contribution in [3.63, 3.8) is 0 Å². The summed E-state index contributed by atoms with van der Waals surface area (Å²) < 4.78 is 5.40. The van der Waals surface area contributed by atoms with Crippen LogP contribution in [0, 0.1) is 0 Å². The molecule has 132 valence electrons. The largest absolute Gasteiger partial charge is 0.379 e. The Morgan fingerprint density at radius 2 is 1.79 bits per heavy atom. The van der Waals surface area contributed by atoms with E-state index in [0.29, 0.717) is 6.04 Å². The van der Waals surface area contributed by atoms with Gasteiger partial charge in [-0.3, -0.25) is 9.89 Å². The number of hydrogen-bond acceptors (Lipinski definition) is 3. The van der Waals surface area contributed by atoms with Crippen LogP contribution in [0.4, 0.5) is 0 Å². The van der Waals surface area contributed by atoms with E-state index in [1.54, 1.807) is 0 Å². The van der Waals surface area contributed by atoms with Gasteiger partial charge >= 0.3 is 0 Å². The standard InChI is InChI=1S/C19H30N4O/c1-20-19(22-18-4-2-3-5-18)21-14-16-6-8-17(9-7-16)15-23-10-12-24-13-11-23/h6-9,18H,2-5,10-15H2,1H3,(H2,20,21,22). The van der Waals surface area contributed by atoms with Gasteiger partial charge in [0.25, 0.3) is 0 Å². The van der Waals surface area contributed by atoms with Crippen molar-refractivity contribution in [3.8, 4) is 0 Å². The van der Waals surface area contributed by atoms with Crippen LogP contribution >= 0.6 is 0 Å². The van der Waals surface area contributed by atoms with Crippen molar-refractivity contribution in [2.45, 2.75) is 44.8 Å². The Bertz CT molecular complexity index is 517. The van der Waals surface area contributed by atoms with Crippen molar-refractivity contribution in [2.24, 2.45) is 4.99 Å². The molecule has 1 saturated carbocycles. The molecule has 1 aliphatic carbocycles. The number of rotatable bonds is 5. The van der Waals surface area contributed by atoms with E-state index in [2.05, 4.69) is 44.8 Å². The van der Waals surface area contributed by atoms with Gasteiger partial charge in [0.15, 0.2) is 5.96 Å². The van der Waals surface area contributed by atoms with Gasteiger partial charge in [-0.15, -0.1) is 0 Å². The Hall–Kier alpha value is -1.59. The van der Waals surface area contributed by atoms with Gasteiger partial charge in [0.2, 0.25) is 0 Å². The number of ether oxygens (including phenoxy) is 1. The van der Waals surface area contributed by atoms with Gasteiger partial charge in [0.1, 0.15) is 0 Å². The quantitative estimate of drug-likeness (QED) is 0.641. The molecule has 1 heterocycles. The summed E-state index contributed by atoms with van der Waals surface area (Å²) >= 11 is 0. The summed E-state index contributed by atoms with van der Waals surface area (Å²) in [4.78, 5) is 6.79. The molecule has 0 amide bonds. The van der Waals surface area contributed by atoms with E-state index in [0.717, 1.165) is 45.4 Å². The van der Waals surface area contributed by atoms with Crippen molar-refractivity contribution in [1.29, 1.82) is 0 Å². The average molecular weight is 330 g/mol. The lowest BCUT2D eigenvalue weighted by atomic mass is 10.1. The highest BCUT2D eigenvalue weighted by molar-refractivity contribution is 5.79. The van der Waals surface area contributed by atoms with Gasteiger partial charge in [-0.2, -0.15) is 0 Å². The molecule has 0 bridgehead atoms. The molecule has 1 saturated heterocycles. The van der Waals surface area contributed by atoms with Crippen molar-refractivity contribution in [2.75, 3.05) is 33.4 Å². The first-order valence-electron chi connectivity index (χ1n) is 9.18. The predicted molar refractivity (Wildman–Crippen MR) is 98.1 cm³/mol. The summed E-state index contributed by atoms with van der Waals surface area (Å²) in [6.07, 6.45) is 5.19. The summed E-state index contributed by atoms with van der Waals surface area (Å²) in [6, 6.07) is 9.49. The molecule has 3 rings (SSSR count). The molecule has 2 fully saturated rings. The minimum absolute atomic E-state index is 0.590. The van der Waals surface area contributed by atoms with Gasteiger partial charge < -0.3 is 15.4 Å². The Morgan fingerprint density at radius 1 is 1.12 bits per heavy atom. The number of nitrogens with one attached hydrogen (secondary N) is 2. The Morgan fingerprint density at radius 3 is 2.46 bits per heavy atom. The summed E-state index contributed by atoms with van der Waals surface area (Å²) in [6.45, 7) is 5.61. The maximum Gasteiger partial charge on any atom is 0.191 e. The second-order valence-electron chi connectivity index (χ2n) is 6.76. The van der Waals surface area contributed by atoms with Crippen LogP contribution in [0.15, 0.2) is 29.3 Å². The van der Waals surface area contributed by atoms with Gasteiger partial charge in [-0.25, -0.2) is 0 Å². The molecule has 0 spiro atoms. The van der Waals surface area contributed by atoms with Crippen molar-refractivity contribution in [3.05, 3.63) is 35.4 Å². The Balaban J connectivity index is 1.44. The van der Waals surface area contributed by atoms with Gasteiger partial charge in [0, 0.05) is 39.3 Å². The third-order valence-electron chi connectivity index (χ3n) is 4.91. The van der Waals surface area contributed by atoms with Crippen LogP contribution in [0.1, 0.15) is 36.8 Å². The molecule has 1 aromatic rings. The lowest BCUT2D eigenvalue weighted by molar-refractivity contribution is 0.0342. The number of guanidine groups is 1. The molecule has 2 aliphatic rings. The van der Waals surface area contributed by atoms with Crippen molar-refractivity contribution in [1.82, 2.24) is 15.5 Å². The highest BCUT2D eigenvalue weighted by atomic mass is 16.5. The second-order valence-corrected chi connectivity index (χ2v) is 6.76. The average Bonchev–Trinajstić information content (AvgIpc) is 3.14. The van der Waals surface area contributed by atoms with Crippen LogP contribution in [0.25, 0.3) is 0 Å². The number of aliphatic imine (C=N–C) groups is 1. The summed E-state index contributed by atoms with van der Waals surface area (Å²) in [7, 11) is 1.84. The maximum atomic E-state index is 5.40. The lowest BCUT2D eigenvalue weighted by Crippen LogP contribution is -2.41. The zero-order chi connectivity index (χ0) is 16.6. The molecule has 1 aliphatic heterocycles. The molecule has 0 radical (unpaired) electrons. The molecule has 5 nitrogen and oxygen atoms in total. The number of hydrogen-bond donors (Lipinski definition) is 2. The van der Waals surface area contributed by atoms with E-state index < -0.39 is 0 Å². The molecule has 0 unspecified atom stereocenters. The van der Waals surface area contributed by atoms with Crippen LogP contribution in [-0.2, 0) is 17.8 Å². The second kappa shape index (κ2) is 9.04. The number of benzene rings is 1. The highest BCUT2D eigenvalue weighted by Crippen LogP contribution is 2.17. The van der Waals surface area contributed by atoms with E-state index in [9.17, 15) is 0 Å². The zero-order valence-electron chi connectivity index (χ0n) is 14.8. The summed E-state index contributed by atoms with van der Waals surface area (Å²) in [5.74, 6) is 0.916. The third kappa shape index (κ3) is 5.21. The molecular formula is C19H30N4O. The fraction of sp³-hybridized carbons (Fsp3) is 0.632. The van der Waals surface area contributed by atoms with E-state index in [4.69, 9.17) is 4.74 Å². The van der Waals surface area contributed by atoms with E-state index in [1.165, 1.54) is 36.8 Å². The van der Waals surface area contributed by atoms with Gasteiger partial charge in [-0.05, 0) is 24.0 Å². The fourth-order valence-electron chi connectivity index (χ4n) is 3.42. The minimum atomic E-state index is 0.590. The van der Waals surface area contributed by atoms with Crippen LogP contribution in [-0.4, -0.2) is 50.3 Å². The van der Waals surface area contributed by atoms with E-state index in [1.807, 2.05) is 7.05 Å². The molecule has 0 aromatic heterocycles. The molecule has 0 atom stereocenters. The highest BCUT2D eigenvalue weighted by Gasteiger charge is 2.15. The summed E-state index contributed by atoms with van der Waals surface area (Å²) in [5.41, 5.74) is 2.66. The van der Waals surface area contributed by atoms with Gasteiger partial charge in [0.05, 0.1) is 13.2 Å². The minimum Gasteiger partial charge on any atom is -0.379 e. The van der Waals surface area contributed by atoms with E-state index in [-0.39, 0.29) is 0 Å². The lowest BCUT2D eigenvalue weighted by Gasteiger charge is -2.26. The monoisotopic (exact) mass is 330 g/mol. The molecule has 2 N–H and O–H groups in total. The maximum absolute atomic E-state index is 5.40. The van der Waals surface area contributed by atoms with Crippen molar-refractivity contribution < 1.29 is 4.74 Å². The zero-order valence-corrected chi connectivity index (χ0v) is 14.8. The molecule has 1 aromatic carbocycles. The predicted octanol–water partition coefficient (Wildman–Crippen LogP) is 2.13. The molecule has 24 heavy (non-hydrogen) atoms. The van der Waals surface area contributed by atoms with Gasteiger partial charge in [-0.1, -0.05) is 37.1 Å². The molecular weight excluding hydrogens is 300 g/mol.